The van der Waals surface area contributed by atoms with E-state index in [-0.39, 0.29) is 16.5 Å². The molecule has 1 saturated heterocycles. The van der Waals surface area contributed by atoms with Crippen LogP contribution < -0.4 is 0 Å². The van der Waals surface area contributed by atoms with Gasteiger partial charge in [-0.2, -0.15) is 4.31 Å². The van der Waals surface area contributed by atoms with Crippen molar-refractivity contribution in [3.63, 3.8) is 0 Å². The molecule has 1 atom stereocenters. The standard InChI is InChI=1S/C14H20N2O4S/c1-15-8-4-6-12(10-15)16(2)21(19,20)13-7-3-5-11(9-13)14(17)18/h3,5,7,9,12H,4,6,8,10H2,1-2H3,(H,17,18). The average Bonchev–Trinajstić information content (AvgIpc) is 2.46. The van der Waals surface area contributed by atoms with Crippen molar-refractivity contribution >= 4 is 16.0 Å². The van der Waals surface area contributed by atoms with Gasteiger partial charge in [-0.1, -0.05) is 6.07 Å². The van der Waals surface area contributed by atoms with E-state index in [0.717, 1.165) is 19.4 Å². The lowest BCUT2D eigenvalue weighted by atomic mass is 10.1. The summed E-state index contributed by atoms with van der Waals surface area (Å²) in [6.45, 7) is 1.66. The molecule has 2 rings (SSSR count). The minimum absolute atomic E-state index is 0.0229. The van der Waals surface area contributed by atoms with E-state index in [2.05, 4.69) is 4.90 Å². The fourth-order valence-corrected chi connectivity index (χ4v) is 4.01. The Morgan fingerprint density at radius 2 is 2.14 bits per heavy atom. The van der Waals surface area contributed by atoms with Gasteiger partial charge in [-0.05, 0) is 44.6 Å². The van der Waals surface area contributed by atoms with Crippen LogP contribution in [0.2, 0.25) is 0 Å². The first-order valence-corrected chi connectivity index (χ1v) is 8.26. The lowest BCUT2D eigenvalue weighted by molar-refractivity contribution is 0.0696. The Kier molecular flexibility index (Phi) is 4.65. The molecule has 1 aromatic rings. The summed E-state index contributed by atoms with van der Waals surface area (Å²) in [7, 11) is -0.143. The van der Waals surface area contributed by atoms with Crippen molar-refractivity contribution in [1.29, 1.82) is 0 Å². The van der Waals surface area contributed by atoms with E-state index in [1.165, 1.54) is 28.6 Å². The van der Waals surface area contributed by atoms with Gasteiger partial charge in [0.05, 0.1) is 10.5 Å². The molecule has 1 heterocycles. The van der Waals surface area contributed by atoms with E-state index in [1.807, 2.05) is 7.05 Å². The zero-order valence-corrected chi connectivity index (χ0v) is 13.0. The van der Waals surface area contributed by atoms with Crippen molar-refractivity contribution in [1.82, 2.24) is 9.21 Å². The molecule has 1 fully saturated rings. The third kappa shape index (κ3) is 3.42. The fraction of sp³-hybridized carbons (Fsp3) is 0.500. The van der Waals surface area contributed by atoms with Crippen LogP contribution in [0, 0.1) is 0 Å². The predicted octanol–water partition coefficient (Wildman–Crippen LogP) is 1.10. The van der Waals surface area contributed by atoms with Gasteiger partial charge in [0, 0.05) is 19.6 Å². The topological polar surface area (TPSA) is 77.9 Å². The number of carboxylic acid groups (broad SMARTS) is 1. The molecule has 116 valence electrons. The second kappa shape index (κ2) is 6.13. The maximum Gasteiger partial charge on any atom is 0.335 e. The number of hydrogen-bond acceptors (Lipinski definition) is 4. The van der Waals surface area contributed by atoms with Gasteiger partial charge in [-0.25, -0.2) is 13.2 Å². The Balaban J connectivity index is 2.28. The highest BCUT2D eigenvalue weighted by molar-refractivity contribution is 7.89. The van der Waals surface area contributed by atoms with Crippen molar-refractivity contribution in [3.05, 3.63) is 29.8 Å². The molecule has 21 heavy (non-hydrogen) atoms. The SMILES string of the molecule is CN1CCCC(N(C)S(=O)(=O)c2cccc(C(=O)O)c2)C1. The molecule has 0 amide bonds. The van der Waals surface area contributed by atoms with E-state index < -0.39 is 16.0 Å². The number of carbonyl (C=O) groups is 1. The van der Waals surface area contributed by atoms with E-state index in [1.54, 1.807) is 7.05 Å². The number of aromatic carboxylic acids is 1. The molecule has 0 radical (unpaired) electrons. The molecular weight excluding hydrogens is 292 g/mol. The zero-order chi connectivity index (χ0) is 15.6. The second-order valence-electron chi connectivity index (χ2n) is 5.41. The summed E-state index contributed by atoms with van der Waals surface area (Å²) in [5.41, 5.74) is -0.0229. The lowest BCUT2D eigenvalue weighted by Gasteiger charge is -2.35. The Morgan fingerprint density at radius 1 is 1.43 bits per heavy atom. The second-order valence-corrected chi connectivity index (χ2v) is 7.41. The first-order chi connectivity index (χ1) is 9.82. The first kappa shape index (κ1) is 15.9. The van der Waals surface area contributed by atoms with E-state index in [4.69, 9.17) is 5.11 Å². The van der Waals surface area contributed by atoms with Gasteiger partial charge in [0.1, 0.15) is 0 Å². The van der Waals surface area contributed by atoms with Gasteiger partial charge in [0.2, 0.25) is 10.0 Å². The quantitative estimate of drug-likeness (QED) is 0.901. The fourth-order valence-electron chi connectivity index (χ4n) is 2.59. The maximum absolute atomic E-state index is 12.6. The van der Waals surface area contributed by atoms with Crippen LogP contribution in [0.25, 0.3) is 0 Å². The molecular formula is C14H20N2O4S. The normalized spacial score (nSPS) is 20.6. The van der Waals surface area contributed by atoms with Crippen molar-refractivity contribution in [2.24, 2.45) is 0 Å². The van der Waals surface area contributed by atoms with E-state index in [0.29, 0.717) is 6.54 Å². The van der Waals surface area contributed by atoms with Gasteiger partial charge in [0.15, 0.2) is 0 Å². The number of rotatable bonds is 4. The average molecular weight is 312 g/mol. The Bertz CT molecular complexity index is 630. The van der Waals surface area contributed by atoms with Gasteiger partial charge in [0.25, 0.3) is 0 Å². The monoisotopic (exact) mass is 312 g/mol. The minimum Gasteiger partial charge on any atom is -0.478 e. The third-order valence-electron chi connectivity index (χ3n) is 3.87. The van der Waals surface area contributed by atoms with Crippen molar-refractivity contribution in [2.75, 3.05) is 27.2 Å². The molecule has 6 nitrogen and oxygen atoms in total. The summed E-state index contributed by atoms with van der Waals surface area (Å²) in [5.74, 6) is -1.13. The molecule has 0 spiro atoms. The maximum atomic E-state index is 12.6. The number of piperidine rings is 1. The van der Waals surface area contributed by atoms with Crippen LogP contribution in [0.15, 0.2) is 29.2 Å². The van der Waals surface area contributed by atoms with Gasteiger partial charge in [-0.3, -0.25) is 0 Å². The summed E-state index contributed by atoms with van der Waals surface area (Å²) in [4.78, 5) is 13.1. The zero-order valence-electron chi connectivity index (χ0n) is 12.2. The van der Waals surface area contributed by atoms with Crippen molar-refractivity contribution in [2.45, 2.75) is 23.8 Å². The largest absolute Gasteiger partial charge is 0.478 e. The molecule has 1 unspecified atom stereocenters. The number of sulfonamides is 1. The highest BCUT2D eigenvalue weighted by Crippen LogP contribution is 2.22. The highest BCUT2D eigenvalue weighted by Gasteiger charge is 2.30. The van der Waals surface area contributed by atoms with E-state index >= 15 is 0 Å². The number of hydrogen-bond donors (Lipinski definition) is 1. The van der Waals surface area contributed by atoms with Crippen LogP contribution in [-0.2, 0) is 10.0 Å². The van der Waals surface area contributed by atoms with Crippen LogP contribution in [-0.4, -0.2) is 61.9 Å². The smallest absolute Gasteiger partial charge is 0.335 e. The number of likely N-dealkylation sites (tertiary alicyclic amines) is 1. The molecule has 1 aromatic carbocycles. The minimum atomic E-state index is -3.67. The van der Waals surface area contributed by atoms with Crippen LogP contribution >= 0.6 is 0 Å². The Labute approximate surface area is 125 Å². The number of benzene rings is 1. The summed E-state index contributed by atoms with van der Waals surface area (Å²) >= 11 is 0. The van der Waals surface area contributed by atoms with Gasteiger partial charge >= 0.3 is 5.97 Å². The molecule has 0 aromatic heterocycles. The molecule has 1 N–H and O–H groups in total. The number of likely N-dealkylation sites (N-methyl/N-ethyl adjacent to an activating group) is 2. The molecule has 1 aliphatic rings. The summed E-state index contributed by atoms with van der Waals surface area (Å²) in [6, 6.07) is 5.40. The molecule has 0 saturated carbocycles. The Hall–Kier alpha value is -1.44. The third-order valence-corrected chi connectivity index (χ3v) is 5.78. The van der Waals surface area contributed by atoms with Crippen LogP contribution in [0.3, 0.4) is 0 Å². The molecule has 0 bridgehead atoms. The molecule has 1 aliphatic heterocycles. The number of carboxylic acids is 1. The summed E-state index contributed by atoms with van der Waals surface area (Å²) in [5, 5.41) is 8.98. The number of nitrogens with zero attached hydrogens (tertiary/aromatic N) is 2. The van der Waals surface area contributed by atoms with Crippen molar-refractivity contribution < 1.29 is 18.3 Å². The molecule has 0 aliphatic carbocycles. The van der Waals surface area contributed by atoms with E-state index in [9.17, 15) is 13.2 Å². The lowest BCUT2D eigenvalue weighted by Crippen LogP contribution is -2.47. The summed E-state index contributed by atoms with van der Waals surface area (Å²) < 4.78 is 26.6. The Morgan fingerprint density at radius 3 is 2.76 bits per heavy atom. The van der Waals surface area contributed by atoms with Gasteiger partial charge in [-0.15, -0.1) is 0 Å². The van der Waals surface area contributed by atoms with Gasteiger partial charge < -0.3 is 10.0 Å². The highest BCUT2D eigenvalue weighted by atomic mass is 32.2. The predicted molar refractivity (Wildman–Crippen MR) is 78.9 cm³/mol. The van der Waals surface area contributed by atoms with Crippen LogP contribution in [0.5, 0.6) is 0 Å². The van der Waals surface area contributed by atoms with Crippen LogP contribution in [0.4, 0.5) is 0 Å². The first-order valence-electron chi connectivity index (χ1n) is 6.82. The summed E-state index contributed by atoms with van der Waals surface area (Å²) in [6.07, 6.45) is 1.77. The molecule has 7 heteroatoms. The van der Waals surface area contributed by atoms with Crippen LogP contribution in [0.1, 0.15) is 23.2 Å². The van der Waals surface area contributed by atoms with Crippen molar-refractivity contribution in [3.8, 4) is 0 Å².